The third kappa shape index (κ3) is 3.71. The maximum Gasteiger partial charge on any atom is 0.234 e. The Kier molecular flexibility index (Phi) is 4.83. The molecular weight excluding hydrogens is 326 g/mol. The van der Waals surface area contributed by atoms with Crippen LogP contribution < -0.4 is 4.74 Å². The first kappa shape index (κ1) is 16.8. The number of hydrogen-bond donors (Lipinski definition) is 0. The minimum atomic E-state index is -0.900. The largest absolute Gasteiger partial charge is 0.471 e. The van der Waals surface area contributed by atoms with Gasteiger partial charge in [-0.2, -0.15) is 0 Å². The lowest BCUT2D eigenvalue weighted by atomic mass is 10.1. The fourth-order valence-electron chi connectivity index (χ4n) is 2.33. The van der Waals surface area contributed by atoms with Crippen molar-refractivity contribution in [2.24, 2.45) is 0 Å². The van der Waals surface area contributed by atoms with E-state index >= 15 is 0 Å². The van der Waals surface area contributed by atoms with Crippen molar-refractivity contribution in [2.75, 3.05) is 0 Å². The zero-order chi connectivity index (χ0) is 17.8. The molecule has 0 spiro atoms. The Bertz CT molecular complexity index is 944. The van der Waals surface area contributed by atoms with Gasteiger partial charge in [0.15, 0.2) is 5.83 Å². The highest BCUT2D eigenvalue weighted by atomic mass is 19.2. The second-order valence-corrected chi connectivity index (χ2v) is 5.29. The Morgan fingerprint density at radius 2 is 2.08 bits per heavy atom. The highest BCUT2D eigenvalue weighted by Gasteiger charge is 2.13. The lowest BCUT2D eigenvalue weighted by molar-refractivity contribution is 0.290. The molecule has 0 unspecified atom stereocenters. The van der Waals surface area contributed by atoms with Gasteiger partial charge in [-0.25, -0.2) is 23.7 Å². The maximum absolute atomic E-state index is 13.9. The molecule has 3 rings (SSSR count). The lowest BCUT2D eigenvalue weighted by Gasteiger charge is -2.05. The SMILES string of the molecule is C/C=C(\C(F)=C(/C)F)c1cnc2nc(COc3ccccn3)cn2c1. The van der Waals surface area contributed by atoms with Gasteiger partial charge in [0.1, 0.15) is 12.4 Å². The molecule has 0 aromatic carbocycles. The van der Waals surface area contributed by atoms with Crippen LogP contribution in [0.15, 0.2) is 60.7 Å². The number of allylic oxidation sites excluding steroid dienone is 4. The van der Waals surface area contributed by atoms with Crippen molar-refractivity contribution in [1.29, 1.82) is 0 Å². The van der Waals surface area contributed by atoms with Gasteiger partial charge in [-0.3, -0.25) is 4.40 Å². The van der Waals surface area contributed by atoms with E-state index in [4.69, 9.17) is 4.74 Å². The van der Waals surface area contributed by atoms with Gasteiger partial charge in [0, 0.05) is 42.0 Å². The molecular formula is C18H16F2N4O. The molecule has 0 fully saturated rings. The number of nitrogens with zero attached hydrogens (tertiary/aromatic N) is 4. The van der Waals surface area contributed by atoms with Crippen molar-refractivity contribution in [3.63, 3.8) is 0 Å². The molecule has 0 radical (unpaired) electrons. The molecule has 0 saturated heterocycles. The molecule has 25 heavy (non-hydrogen) atoms. The van der Waals surface area contributed by atoms with Crippen LogP contribution in [-0.4, -0.2) is 19.4 Å². The van der Waals surface area contributed by atoms with Crippen LogP contribution in [0.2, 0.25) is 0 Å². The zero-order valence-electron chi connectivity index (χ0n) is 13.8. The van der Waals surface area contributed by atoms with Crippen LogP contribution in [0.1, 0.15) is 25.1 Å². The smallest absolute Gasteiger partial charge is 0.234 e. The lowest BCUT2D eigenvalue weighted by Crippen LogP contribution is -1.96. The summed E-state index contributed by atoms with van der Waals surface area (Å²) in [6, 6.07) is 5.38. The number of pyridine rings is 1. The van der Waals surface area contributed by atoms with Crippen molar-refractivity contribution >= 4 is 11.4 Å². The third-order valence-electron chi connectivity index (χ3n) is 3.50. The molecule has 0 aliphatic rings. The second kappa shape index (κ2) is 7.21. The van der Waals surface area contributed by atoms with Crippen LogP contribution in [0.25, 0.3) is 11.4 Å². The van der Waals surface area contributed by atoms with Gasteiger partial charge in [0.2, 0.25) is 11.7 Å². The van der Waals surface area contributed by atoms with Gasteiger partial charge >= 0.3 is 0 Å². The summed E-state index contributed by atoms with van der Waals surface area (Å²) in [4.78, 5) is 12.6. The summed E-state index contributed by atoms with van der Waals surface area (Å²) in [7, 11) is 0. The minimum absolute atomic E-state index is 0.148. The van der Waals surface area contributed by atoms with Crippen molar-refractivity contribution in [1.82, 2.24) is 19.4 Å². The number of halogens is 2. The molecule has 128 valence electrons. The van der Waals surface area contributed by atoms with E-state index in [1.165, 1.54) is 12.3 Å². The average Bonchev–Trinajstić information content (AvgIpc) is 3.03. The van der Waals surface area contributed by atoms with E-state index in [2.05, 4.69) is 15.0 Å². The minimum Gasteiger partial charge on any atom is -0.471 e. The summed E-state index contributed by atoms with van der Waals surface area (Å²) in [5.74, 6) is -0.832. The summed E-state index contributed by atoms with van der Waals surface area (Å²) in [6.45, 7) is 2.95. The van der Waals surface area contributed by atoms with Gasteiger partial charge in [-0.15, -0.1) is 0 Å². The first-order chi connectivity index (χ1) is 12.1. The van der Waals surface area contributed by atoms with E-state index in [9.17, 15) is 8.78 Å². The normalized spacial score (nSPS) is 13.0. The number of rotatable bonds is 5. The van der Waals surface area contributed by atoms with Crippen LogP contribution >= 0.6 is 0 Å². The highest BCUT2D eigenvalue weighted by molar-refractivity contribution is 5.76. The molecule has 0 saturated carbocycles. The van der Waals surface area contributed by atoms with Crippen molar-refractivity contribution in [3.8, 4) is 5.88 Å². The van der Waals surface area contributed by atoms with Crippen molar-refractivity contribution < 1.29 is 13.5 Å². The average molecular weight is 342 g/mol. The van der Waals surface area contributed by atoms with Crippen LogP contribution in [0, 0.1) is 0 Å². The summed E-state index contributed by atoms with van der Waals surface area (Å²) < 4.78 is 34.3. The molecule has 0 N–H and O–H groups in total. The van der Waals surface area contributed by atoms with Crippen LogP contribution in [0.3, 0.4) is 0 Å². The summed E-state index contributed by atoms with van der Waals surface area (Å²) in [5.41, 5.74) is 1.25. The van der Waals surface area contributed by atoms with E-state index < -0.39 is 11.7 Å². The summed E-state index contributed by atoms with van der Waals surface area (Å²) in [6.07, 6.45) is 7.98. The van der Waals surface area contributed by atoms with E-state index in [0.717, 1.165) is 6.92 Å². The Morgan fingerprint density at radius 1 is 1.24 bits per heavy atom. The number of fused-ring (bicyclic) bond motifs is 1. The highest BCUT2D eigenvalue weighted by Crippen LogP contribution is 2.27. The standard InChI is InChI=1S/C18H16F2N4O/c1-3-15(17(20)12(2)19)13-8-22-18-23-14(10-24(18)9-13)11-25-16-6-4-5-7-21-16/h3-10H,11H2,1-2H3/b15-3-,17-12-. The molecule has 0 amide bonds. The van der Waals surface area contributed by atoms with Gasteiger partial charge in [-0.1, -0.05) is 12.1 Å². The summed E-state index contributed by atoms with van der Waals surface area (Å²) in [5, 5.41) is 0. The molecule has 5 nitrogen and oxygen atoms in total. The van der Waals surface area contributed by atoms with Gasteiger partial charge in [0.25, 0.3) is 0 Å². The molecule has 0 aliphatic carbocycles. The number of hydrogen-bond acceptors (Lipinski definition) is 4. The predicted octanol–water partition coefficient (Wildman–Crippen LogP) is 4.28. The van der Waals surface area contributed by atoms with Crippen molar-refractivity contribution in [3.05, 3.63) is 72.0 Å². The molecule has 0 bridgehead atoms. The Morgan fingerprint density at radius 3 is 2.76 bits per heavy atom. The summed E-state index contributed by atoms with van der Waals surface area (Å²) >= 11 is 0. The van der Waals surface area contributed by atoms with Gasteiger partial charge in [-0.05, 0) is 19.9 Å². The van der Waals surface area contributed by atoms with E-state index in [1.807, 2.05) is 6.07 Å². The van der Waals surface area contributed by atoms with E-state index in [0.29, 0.717) is 22.9 Å². The molecule has 0 aliphatic heterocycles. The Balaban J connectivity index is 1.85. The number of ether oxygens (including phenoxy) is 1. The quantitative estimate of drug-likeness (QED) is 0.650. The maximum atomic E-state index is 13.9. The fraction of sp³-hybridized carbons (Fsp3) is 0.167. The first-order valence-electron chi connectivity index (χ1n) is 7.65. The van der Waals surface area contributed by atoms with Crippen LogP contribution in [-0.2, 0) is 6.61 Å². The Hall–Kier alpha value is -3.09. The monoisotopic (exact) mass is 342 g/mol. The number of imidazole rings is 1. The fourth-order valence-corrected chi connectivity index (χ4v) is 2.33. The topological polar surface area (TPSA) is 52.3 Å². The number of aromatic nitrogens is 4. The molecule has 7 heteroatoms. The van der Waals surface area contributed by atoms with Gasteiger partial charge < -0.3 is 4.74 Å². The molecule has 0 atom stereocenters. The molecule has 3 aromatic heterocycles. The Labute approximate surface area is 143 Å². The second-order valence-electron chi connectivity index (χ2n) is 5.29. The van der Waals surface area contributed by atoms with Crippen molar-refractivity contribution in [2.45, 2.75) is 20.5 Å². The van der Waals surface area contributed by atoms with E-state index in [-0.39, 0.29) is 12.2 Å². The predicted molar refractivity (Wildman–Crippen MR) is 90.1 cm³/mol. The zero-order valence-corrected chi connectivity index (χ0v) is 13.8. The molecule has 3 aromatic rings. The molecule has 3 heterocycles. The van der Waals surface area contributed by atoms with E-state index in [1.54, 1.807) is 42.0 Å². The van der Waals surface area contributed by atoms with Crippen LogP contribution in [0.4, 0.5) is 8.78 Å². The van der Waals surface area contributed by atoms with Gasteiger partial charge in [0.05, 0.1) is 5.69 Å². The van der Waals surface area contributed by atoms with Crippen LogP contribution in [0.5, 0.6) is 5.88 Å². The third-order valence-corrected chi connectivity index (χ3v) is 3.50. The first-order valence-corrected chi connectivity index (χ1v) is 7.65.